The minimum Gasteiger partial charge on any atom is -0.378 e. The summed E-state index contributed by atoms with van der Waals surface area (Å²) in [6, 6.07) is 0.356. The topological polar surface area (TPSA) is 39.1 Å². The van der Waals surface area contributed by atoms with Crippen LogP contribution < -0.4 is 5.32 Å². The Hall–Kier alpha value is -0.870. The van der Waals surface area contributed by atoms with Crippen molar-refractivity contribution in [3.63, 3.8) is 0 Å². The molecule has 0 radical (unpaired) electrons. The summed E-state index contributed by atoms with van der Waals surface area (Å²) in [6.45, 7) is 7.22. The number of rotatable bonds is 7. The predicted molar refractivity (Wildman–Crippen MR) is 72.5 cm³/mol. The molecule has 1 N–H and O–H groups in total. The number of ether oxygens (including phenoxy) is 1. The van der Waals surface area contributed by atoms with Gasteiger partial charge in [-0.15, -0.1) is 0 Å². The lowest BCUT2D eigenvalue weighted by Crippen LogP contribution is -2.25. The molecule has 0 spiro atoms. The van der Waals surface area contributed by atoms with Gasteiger partial charge in [-0.1, -0.05) is 6.92 Å². The first-order valence-electron chi connectivity index (χ1n) is 7.21. The van der Waals surface area contributed by atoms with E-state index < -0.39 is 0 Å². The van der Waals surface area contributed by atoms with Crippen molar-refractivity contribution in [2.75, 3.05) is 13.2 Å². The Morgan fingerprint density at radius 2 is 2.44 bits per heavy atom. The maximum atomic E-state index is 5.70. The molecule has 2 unspecified atom stereocenters. The minimum absolute atomic E-state index is 0.356. The molecular weight excluding hydrogens is 226 g/mol. The summed E-state index contributed by atoms with van der Waals surface area (Å²) in [6.07, 6.45) is 9.11. The van der Waals surface area contributed by atoms with E-state index in [0.29, 0.717) is 12.1 Å². The van der Waals surface area contributed by atoms with E-state index in [4.69, 9.17) is 4.74 Å². The average molecular weight is 251 g/mol. The van der Waals surface area contributed by atoms with Crippen molar-refractivity contribution < 1.29 is 4.74 Å². The zero-order valence-electron chi connectivity index (χ0n) is 11.6. The summed E-state index contributed by atoms with van der Waals surface area (Å²) in [5.74, 6) is 1.16. The fourth-order valence-corrected chi connectivity index (χ4v) is 2.69. The zero-order chi connectivity index (χ0) is 12.8. The first-order chi connectivity index (χ1) is 8.85. The highest BCUT2D eigenvalue weighted by Crippen LogP contribution is 2.23. The number of imidazole rings is 1. The van der Waals surface area contributed by atoms with Gasteiger partial charge in [0.05, 0.1) is 12.1 Å². The van der Waals surface area contributed by atoms with E-state index in [1.54, 1.807) is 0 Å². The Morgan fingerprint density at radius 1 is 1.56 bits per heavy atom. The third kappa shape index (κ3) is 3.33. The zero-order valence-corrected chi connectivity index (χ0v) is 11.6. The van der Waals surface area contributed by atoms with E-state index in [0.717, 1.165) is 38.4 Å². The molecule has 1 aromatic rings. The quantitative estimate of drug-likeness (QED) is 0.809. The van der Waals surface area contributed by atoms with E-state index in [1.165, 1.54) is 12.8 Å². The van der Waals surface area contributed by atoms with Gasteiger partial charge in [0.25, 0.3) is 0 Å². The Bertz CT molecular complexity index is 345. The Kier molecular flexibility index (Phi) is 5.20. The van der Waals surface area contributed by atoms with E-state index in [-0.39, 0.29) is 0 Å². The number of aryl methyl sites for hydroxylation is 1. The number of aromatic nitrogens is 2. The van der Waals surface area contributed by atoms with Crippen LogP contribution in [-0.2, 0) is 11.3 Å². The molecule has 1 aromatic heterocycles. The van der Waals surface area contributed by atoms with Crippen LogP contribution in [0.2, 0.25) is 0 Å². The Labute approximate surface area is 110 Å². The van der Waals surface area contributed by atoms with E-state index in [1.807, 2.05) is 6.20 Å². The monoisotopic (exact) mass is 251 g/mol. The van der Waals surface area contributed by atoms with E-state index >= 15 is 0 Å². The molecule has 0 saturated carbocycles. The lowest BCUT2D eigenvalue weighted by atomic mass is 10.1. The van der Waals surface area contributed by atoms with Gasteiger partial charge >= 0.3 is 0 Å². The minimum atomic E-state index is 0.356. The standard InChI is InChI=1S/C14H25N3O/c1-3-15-13(8-7-12-6-5-11-18-12)14-16-9-10-17(14)4-2/h9-10,12-13,15H,3-8,11H2,1-2H3. The number of nitrogens with zero attached hydrogens (tertiary/aromatic N) is 2. The average Bonchev–Trinajstić information content (AvgIpc) is 3.04. The summed E-state index contributed by atoms with van der Waals surface area (Å²) in [7, 11) is 0. The molecule has 1 fully saturated rings. The number of nitrogens with one attached hydrogen (secondary N) is 1. The van der Waals surface area contributed by atoms with Crippen molar-refractivity contribution in [3.8, 4) is 0 Å². The largest absolute Gasteiger partial charge is 0.378 e. The van der Waals surface area contributed by atoms with Crippen molar-refractivity contribution in [2.45, 2.75) is 58.2 Å². The van der Waals surface area contributed by atoms with Gasteiger partial charge in [-0.2, -0.15) is 0 Å². The summed E-state index contributed by atoms with van der Waals surface area (Å²) < 4.78 is 7.93. The Morgan fingerprint density at radius 3 is 3.11 bits per heavy atom. The van der Waals surface area contributed by atoms with Crippen LogP contribution in [0.25, 0.3) is 0 Å². The molecule has 0 amide bonds. The van der Waals surface area contributed by atoms with E-state index in [9.17, 15) is 0 Å². The molecule has 102 valence electrons. The molecule has 2 atom stereocenters. The molecule has 2 heterocycles. The van der Waals surface area contributed by atoms with Crippen molar-refractivity contribution >= 4 is 0 Å². The second-order valence-corrected chi connectivity index (χ2v) is 4.89. The second kappa shape index (κ2) is 6.90. The first-order valence-corrected chi connectivity index (χ1v) is 7.21. The Balaban J connectivity index is 1.94. The summed E-state index contributed by atoms with van der Waals surface area (Å²) in [5, 5.41) is 3.54. The molecule has 0 bridgehead atoms. The summed E-state index contributed by atoms with van der Waals surface area (Å²) >= 11 is 0. The van der Waals surface area contributed by atoms with Gasteiger partial charge in [0.1, 0.15) is 5.82 Å². The highest BCUT2D eigenvalue weighted by atomic mass is 16.5. The van der Waals surface area contributed by atoms with Crippen molar-refractivity contribution in [1.82, 2.24) is 14.9 Å². The number of hydrogen-bond donors (Lipinski definition) is 1. The van der Waals surface area contributed by atoms with Gasteiger partial charge in [0, 0.05) is 25.5 Å². The normalized spacial score (nSPS) is 21.3. The summed E-state index contributed by atoms with van der Waals surface area (Å²) in [4.78, 5) is 4.51. The maximum absolute atomic E-state index is 5.70. The molecule has 1 saturated heterocycles. The third-order valence-corrected chi connectivity index (χ3v) is 3.65. The highest BCUT2D eigenvalue weighted by molar-refractivity contribution is 4.99. The van der Waals surface area contributed by atoms with Crippen LogP contribution in [0, 0.1) is 0 Å². The van der Waals surface area contributed by atoms with Crippen molar-refractivity contribution in [3.05, 3.63) is 18.2 Å². The van der Waals surface area contributed by atoms with Crippen LogP contribution in [0.5, 0.6) is 0 Å². The molecular formula is C14H25N3O. The first kappa shape index (κ1) is 13.6. The van der Waals surface area contributed by atoms with Crippen LogP contribution in [-0.4, -0.2) is 28.8 Å². The molecule has 2 rings (SSSR count). The van der Waals surface area contributed by atoms with Gasteiger partial charge < -0.3 is 14.6 Å². The summed E-state index contributed by atoms with van der Waals surface area (Å²) in [5.41, 5.74) is 0. The highest BCUT2D eigenvalue weighted by Gasteiger charge is 2.20. The molecule has 18 heavy (non-hydrogen) atoms. The van der Waals surface area contributed by atoms with Crippen LogP contribution >= 0.6 is 0 Å². The van der Waals surface area contributed by atoms with Gasteiger partial charge in [-0.05, 0) is 39.2 Å². The van der Waals surface area contributed by atoms with Crippen molar-refractivity contribution in [2.24, 2.45) is 0 Å². The molecule has 4 nitrogen and oxygen atoms in total. The molecule has 1 aliphatic rings. The van der Waals surface area contributed by atoms with Gasteiger partial charge in [0.15, 0.2) is 0 Å². The van der Waals surface area contributed by atoms with Crippen LogP contribution in [0.3, 0.4) is 0 Å². The molecule has 0 aliphatic carbocycles. The van der Waals surface area contributed by atoms with Gasteiger partial charge in [-0.25, -0.2) is 4.98 Å². The fourth-order valence-electron chi connectivity index (χ4n) is 2.69. The fraction of sp³-hybridized carbons (Fsp3) is 0.786. The van der Waals surface area contributed by atoms with Gasteiger partial charge in [-0.3, -0.25) is 0 Å². The molecule has 4 heteroatoms. The predicted octanol–water partition coefficient (Wildman–Crippen LogP) is 2.51. The lowest BCUT2D eigenvalue weighted by molar-refractivity contribution is 0.0992. The van der Waals surface area contributed by atoms with Crippen molar-refractivity contribution in [1.29, 1.82) is 0 Å². The smallest absolute Gasteiger partial charge is 0.125 e. The SMILES string of the molecule is CCNC(CCC1CCCO1)c1nccn1CC. The van der Waals surface area contributed by atoms with Crippen LogP contribution in [0.1, 0.15) is 51.4 Å². The van der Waals surface area contributed by atoms with Gasteiger partial charge in [0.2, 0.25) is 0 Å². The van der Waals surface area contributed by atoms with Crippen LogP contribution in [0.15, 0.2) is 12.4 Å². The third-order valence-electron chi connectivity index (χ3n) is 3.65. The second-order valence-electron chi connectivity index (χ2n) is 4.89. The number of hydrogen-bond acceptors (Lipinski definition) is 3. The lowest BCUT2D eigenvalue weighted by Gasteiger charge is -2.20. The van der Waals surface area contributed by atoms with E-state index in [2.05, 4.69) is 34.9 Å². The maximum Gasteiger partial charge on any atom is 0.125 e. The van der Waals surface area contributed by atoms with Crippen LogP contribution in [0.4, 0.5) is 0 Å². The molecule has 1 aliphatic heterocycles. The molecule has 0 aromatic carbocycles.